The summed E-state index contributed by atoms with van der Waals surface area (Å²) in [6.45, 7) is 2.90. The van der Waals surface area contributed by atoms with Crippen molar-refractivity contribution < 1.29 is 9.66 Å². The summed E-state index contributed by atoms with van der Waals surface area (Å²) in [5.74, 6) is 0.504. The monoisotopic (exact) mass is 238 g/mol. The van der Waals surface area contributed by atoms with Crippen LogP contribution in [0.2, 0.25) is 0 Å². The molecule has 94 valence electrons. The second kappa shape index (κ2) is 6.08. The summed E-state index contributed by atoms with van der Waals surface area (Å²) in [6.07, 6.45) is 2.08. The number of anilines is 1. The van der Waals surface area contributed by atoms with Gasteiger partial charge in [0.1, 0.15) is 11.4 Å². The summed E-state index contributed by atoms with van der Waals surface area (Å²) in [5, 5.41) is 11.0. The Morgan fingerprint density at radius 3 is 2.71 bits per heavy atom. The van der Waals surface area contributed by atoms with Crippen molar-refractivity contribution in [3.8, 4) is 5.75 Å². The van der Waals surface area contributed by atoms with E-state index in [1.807, 2.05) is 11.9 Å². The third-order valence-electron chi connectivity index (χ3n) is 2.64. The van der Waals surface area contributed by atoms with Crippen LogP contribution >= 0.6 is 0 Å². The van der Waals surface area contributed by atoms with Gasteiger partial charge < -0.3 is 9.64 Å². The molecule has 0 unspecified atom stereocenters. The molecule has 0 saturated heterocycles. The van der Waals surface area contributed by atoms with Crippen LogP contribution in [-0.4, -0.2) is 25.6 Å². The van der Waals surface area contributed by atoms with Gasteiger partial charge in [-0.05, 0) is 18.6 Å². The Labute approximate surface area is 101 Å². The van der Waals surface area contributed by atoms with E-state index in [-0.39, 0.29) is 10.6 Å². The molecule has 0 radical (unpaired) electrons. The number of unbranched alkanes of at least 4 members (excludes halogenated alkanes) is 1. The number of nitro benzene ring substituents is 1. The number of nitro groups is 1. The number of ether oxygens (including phenoxy) is 1. The lowest BCUT2D eigenvalue weighted by Crippen LogP contribution is -2.19. The lowest BCUT2D eigenvalue weighted by atomic mass is 10.2. The van der Waals surface area contributed by atoms with Crippen molar-refractivity contribution in [3.63, 3.8) is 0 Å². The summed E-state index contributed by atoms with van der Waals surface area (Å²) >= 11 is 0. The minimum absolute atomic E-state index is 0.0861. The quantitative estimate of drug-likeness (QED) is 0.565. The number of nitrogens with zero attached hydrogens (tertiary/aromatic N) is 2. The zero-order valence-electron chi connectivity index (χ0n) is 10.5. The molecule has 17 heavy (non-hydrogen) atoms. The summed E-state index contributed by atoms with van der Waals surface area (Å²) in [4.78, 5) is 12.5. The summed E-state index contributed by atoms with van der Waals surface area (Å²) < 4.78 is 5.00. The zero-order valence-corrected chi connectivity index (χ0v) is 10.5. The number of hydrogen-bond donors (Lipinski definition) is 0. The zero-order chi connectivity index (χ0) is 12.8. The smallest absolute Gasteiger partial charge is 0.296 e. The highest BCUT2D eigenvalue weighted by Gasteiger charge is 2.17. The number of hydrogen-bond acceptors (Lipinski definition) is 4. The van der Waals surface area contributed by atoms with E-state index in [0.29, 0.717) is 11.4 Å². The van der Waals surface area contributed by atoms with Crippen LogP contribution in [0.15, 0.2) is 18.2 Å². The maximum atomic E-state index is 11.0. The van der Waals surface area contributed by atoms with E-state index in [4.69, 9.17) is 4.74 Å². The summed E-state index contributed by atoms with van der Waals surface area (Å²) in [7, 11) is 3.37. The maximum absolute atomic E-state index is 11.0. The van der Waals surface area contributed by atoms with Crippen LogP contribution in [0.5, 0.6) is 5.75 Å². The van der Waals surface area contributed by atoms with Gasteiger partial charge >= 0.3 is 0 Å². The highest BCUT2D eigenvalue weighted by molar-refractivity contribution is 5.65. The van der Waals surface area contributed by atoms with Gasteiger partial charge in [-0.3, -0.25) is 10.1 Å². The molecule has 0 saturated carbocycles. The van der Waals surface area contributed by atoms with Crippen molar-refractivity contribution in [1.82, 2.24) is 0 Å². The van der Waals surface area contributed by atoms with E-state index >= 15 is 0 Å². The first-order valence-corrected chi connectivity index (χ1v) is 5.63. The highest BCUT2D eigenvalue weighted by atomic mass is 16.6. The van der Waals surface area contributed by atoms with Crippen molar-refractivity contribution in [2.75, 3.05) is 25.6 Å². The Morgan fingerprint density at radius 1 is 1.47 bits per heavy atom. The van der Waals surface area contributed by atoms with Crippen molar-refractivity contribution in [3.05, 3.63) is 28.3 Å². The fourth-order valence-electron chi connectivity index (χ4n) is 1.61. The van der Waals surface area contributed by atoms with E-state index in [9.17, 15) is 10.1 Å². The third-order valence-corrected chi connectivity index (χ3v) is 2.64. The van der Waals surface area contributed by atoms with Crippen molar-refractivity contribution in [2.24, 2.45) is 0 Å². The van der Waals surface area contributed by atoms with Crippen LogP contribution in [0.1, 0.15) is 19.8 Å². The normalized spacial score (nSPS) is 10.1. The Bertz CT molecular complexity index is 393. The molecule has 0 aromatic heterocycles. The molecule has 0 aliphatic rings. The van der Waals surface area contributed by atoms with E-state index < -0.39 is 0 Å². The van der Waals surface area contributed by atoms with Gasteiger partial charge in [0, 0.05) is 13.6 Å². The largest absolute Gasteiger partial charge is 0.496 e. The lowest BCUT2D eigenvalue weighted by Gasteiger charge is -2.19. The number of benzene rings is 1. The van der Waals surface area contributed by atoms with Gasteiger partial charge in [0.15, 0.2) is 0 Å². The Hall–Kier alpha value is -1.78. The van der Waals surface area contributed by atoms with Crippen LogP contribution in [0.3, 0.4) is 0 Å². The molecule has 5 heteroatoms. The van der Waals surface area contributed by atoms with Gasteiger partial charge in [-0.2, -0.15) is 0 Å². The molecule has 1 aromatic carbocycles. The van der Waals surface area contributed by atoms with Crippen LogP contribution in [-0.2, 0) is 0 Å². The van der Waals surface area contributed by atoms with E-state index in [1.54, 1.807) is 12.1 Å². The average molecular weight is 238 g/mol. The molecule has 0 heterocycles. The first-order chi connectivity index (χ1) is 8.10. The molecule has 0 spiro atoms. The molecule has 5 nitrogen and oxygen atoms in total. The predicted octanol–water partition coefficient (Wildman–Crippen LogP) is 2.84. The molecule has 0 fully saturated rings. The summed E-state index contributed by atoms with van der Waals surface area (Å²) in [5.41, 5.74) is 0.715. The fourth-order valence-corrected chi connectivity index (χ4v) is 1.61. The maximum Gasteiger partial charge on any atom is 0.296 e. The van der Waals surface area contributed by atoms with Crippen LogP contribution < -0.4 is 9.64 Å². The van der Waals surface area contributed by atoms with Crippen molar-refractivity contribution >= 4 is 11.4 Å². The molecular weight excluding hydrogens is 220 g/mol. The molecule has 0 N–H and O–H groups in total. The Balaban J connectivity index is 3.01. The second-order valence-electron chi connectivity index (χ2n) is 3.89. The summed E-state index contributed by atoms with van der Waals surface area (Å²) in [6, 6.07) is 4.93. The highest BCUT2D eigenvalue weighted by Crippen LogP contribution is 2.31. The van der Waals surface area contributed by atoms with E-state index in [0.717, 1.165) is 19.4 Å². The van der Waals surface area contributed by atoms with E-state index in [2.05, 4.69) is 6.92 Å². The molecule has 0 bridgehead atoms. The van der Waals surface area contributed by atoms with Crippen molar-refractivity contribution in [2.45, 2.75) is 19.8 Å². The number of rotatable bonds is 6. The second-order valence-corrected chi connectivity index (χ2v) is 3.89. The van der Waals surface area contributed by atoms with Crippen LogP contribution in [0.25, 0.3) is 0 Å². The van der Waals surface area contributed by atoms with Gasteiger partial charge in [0.25, 0.3) is 5.69 Å². The minimum Gasteiger partial charge on any atom is -0.496 e. The Morgan fingerprint density at radius 2 is 2.18 bits per heavy atom. The number of methoxy groups -OCH3 is 1. The standard InChI is InChI=1S/C12H18N2O3/c1-4-5-8-13(2)11-7-6-10(17-3)9-12(11)14(15)16/h6-7,9H,4-5,8H2,1-3H3. The molecule has 1 rings (SSSR count). The van der Waals surface area contributed by atoms with Gasteiger partial charge in [-0.1, -0.05) is 13.3 Å². The molecular formula is C12H18N2O3. The average Bonchev–Trinajstić information content (AvgIpc) is 2.35. The van der Waals surface area contributed by atoms with Gasteiger partial charge in [-0.15, -0.1) is 0 Å². The lowest BCUT2D eigenvalue weighted by molar-refractivity contribution is -0.384. The third kappa shape index (κ3) is 3.34. The first-order valence-electron chi connectivity index (χ1n) is 5.63. The fraction of sp³-hybridized carbons (Fsp3) is 0.500. The van der Waals surface area contributed by atoms with Gasteiger partial charge in [0.05, 0.1) is 18.1 Å². The molecule has 0 atom stereocenters. The first kappa shape index (κ1) is 13.3. The van der Waals surface area contributed by atoms with Gasteiger partial charge in [0.2, 0.25) is 0 Å². The van der Waals surface area contributed by atoms with Crippen LogP contribution in [0.4, 0.5) is 11.4 Å². The molecule has 0 aliphatic carbocycles. The minimum atomic E-state index is -0.375. The Kier molecular flexibility index (Phi) is 4.75. The molecule has 0 aliphatic heterocycles. The SMILES string of the molecule is CCCCN(C)c1ccc(OC)cc1[N+](=O)[O-]. The predicted molar refractivity (Wildman–Crippen MR) is 67.8 cm³/mol. The van der Waals surface area contributed by atoms with E-state index in [1.165, 1.54) is 13.2 Å². The van der Waals surface area contributed by atoms with Crippen LogP contribution in [0, 0.1) is 10.1 Å². The molecule has 0 amide bonds. The van der Waals surface area contributed by atoms with Gasteiger partial charge in [-0.25, -0.2) is 0 Å². The molecule has 1 aromatic rings. The topological polar surface area (TPSA) is 55.6 Å². The van der Waals surface area contributed by atoms with Crippen molar-refractivity contribution in [1.29, 1.82) is 0 Å².